The van der Waals surface area contributed by atoms with E-state index in [4.69, 9.17) is 13.8 Å². The number of esters is 1. The highest BCUT2D eigenvalue weighted by molar-refractivity contribution is 7.51. The number of para-hydroxylation sites is 1. The molecule has 0 aliphatic heterocycles. The topological polar surface area (TPSA) is 82.0 Å². The van der Waals surface area contributed by atoms with Crippen LogP contribution in [0.15, 0.2) is 30.5 Å². The average Bonchev–Trinajstić information content (AvgIpc) is 3.02. The van der Waals surface area contributed by atoms with Crippen LogP contribution in [-0.2, 0) is 36.3 Å². The second-order valence-electron chi connectivity index (χ2n) is 6.51. The van der Waals surface area contributed by atoms with E-state index in [1.165, 1.54) is 5.56 Å². The van der Waals surface area contributed by atoms with Crippen molar-refractivity contribution in [1.29, 1.82) is 0 Å². The lowest BCUT2D eigenvalue weighted by Gasteiger charge is -2.18. The van der Waals surface area contributed by atoms with Crippen LogP contribution in [0.5, 0.6) is 0 Å². The van der Waals surface area contributed by atoms with Gasteiger partial charge in [0.25, 0.3) is 0 Å². The predicted molar refractivity (Wildman–Crippen MR) is 109 cm³/mol. The quantitative estimate of drug-likeness (QED) is 0.425. The van der Waals surface area contributed by atoms with Gasteiger partial charge in [0.1, 0.15) is 13.3 Å². The Bertz CT molecular complexity index is 821. The zero-order valence-corrected chi connectivity index (χ0v) is 17.9. The molecule has 0 bridgehead atoms. The van der Waals surface area contributed by atoms with Crippen molar-refractivity contribution in [2.75, 3.05) is 40.4 Å². The van der Waals surface area contributed by atoms with Gasteiger partial charge in [-0.15, -0.1) is 0 Å². The molecule has 2 aromatic rings. The van der Waals surface area contributed by atoms with Gasteiger partial charge in [0.15, 0.2) is 0 Å². The molecule has 28 heavy (non-hydrogen) atoms. The van der Waals surface area contributed by atoms with Gasteiger partial charge in [0, 0.05) is 18.1 Å². The van der Waals surface area contributed by atoms with Crippen molar-refractivity contribution in [2.24, 2.45) is 0 Å². The zero-order valence-electron chi connectivity index (χ0n) is 17.0. The first kappa shape index (κ1) is 22.6. The minimum Gasteiger partial charge on any atom is -0.465 e. The fraction of sp³-hybridized carbons (Fsp3) is 0.526. The summed E-state index contributed by atoms with van der Waals surface area (Å²) in [6.45, 7) is 4.58. The van der Waals surface area contributed by atoms with E-state index in [9.17, 15) is 9.36 Å². The molecule has 0 saturated heterocycles. The molecule has 1 unspecified atom stereocenters. The van der Waals surface area contributed by atoms with E-state index in [0.717, 1.165) is 23.9 Å². The summed E-state index contributed by atoms with van der Waals surface area (Å²) < 4.78 is 30.5. The van der Waals surface area contributed by atoms with Gasteiger partial charge in [0.05, 0.1) is 18.7 Å². The maximum absolute atomic E-state index is 12.9. The zero-order chi connectivity index (χ0) is 20.6. The normalized spacial score (nSPS) is 13.8. The van der Waals surface area contributed by atoms with Crippen LogP contribution < -0.4 is 5.09 Å². The number of nitrogens with one attached hydrogen (secondary N) is 1. The van der Waals surface area contributed by atoms with Crippen LogP contribution in [0.3, 0.4) is 0 Å². The van der Waals surface area contributed by atoms with Crippen LogP contribution in [0.1, 0.15) is 19.4 Å². The molecule has 0 aliphatic rings. The number of nitrogens with zero attached hydrogens (tertiary/aromatic N) is 2. The van der Waals surface area contributed by atoms with Gasteiger partial charge in [0.2, 0.25) is 0 Å². The first-order chi connectivity index (χ1) is 13.4. The van der Waals surface area contributed by atoms with Crippen molar-refractivity contribution in [3.63, 3.8) is 0 Å². The highest BCUT2D eigenvalue weighted by Crippen LogP contribution is 2.44. The molecule has 0 radical (unpaired) electrons. The van der Waals surface area contributed by atoms with Crippen LogP contribution in [-0.4, -0.2) is 55.8 Å². The number of fused-ring (bicyclic) bond motifs is 1. The van der Waals surface area contributed by atoms with E-state index in [1.54, 1.807) is 13.8 Å². The Morgan fingerprint density at radius 3 is 2.61 bits per heavy atom. The molecular weight excluding hydrogens is 381 g/mol. The molecule has 2 rings (SSSR count). The van der Waals surface area contributed by atoms with E-state index in [2.05, 4.69) is 16.1 Å². The lowest BCUT2D eigenvalue weighted by molar-refractivity contribution is -0.141. The predicted octanol–water partition coefficient (Wildman–Crippen LogP) is 3.02. The van der Waals surface area contributed by atoms with Gasteiger partial charge in [-0.1, -0.05) is 18.2 Å². The number of hydrogen-bond donors (Lipinski definition) is 1. The van der Waals surface area contributed by atoms with Crippen molar-refractivity contribution < 1.29 is 23.1 Å². The van der Waals surface area contributed by atoms with Crippen LogP contribution >= 0.6 is 7.75 Å². The van der Waals surface area contributed by atoms with Crippen molar-refractivity contribution in [2.45, 2.75) is 27.0 Å². The van der Waals surface area contributed by atoms with E-state index >= 15 is 0 Å². The fourth-order valence-electron chi connectivity index (χ4n) is 2.78. The summed E-state index contributed by atoms with van der Waals surface area (Å²) in [6.07, 6.45) is 2.90. The van der Waals surface area contributed by atoms with Gasteiger partial charge in [-0.05, 0) is 46.0 Å². The second kappa shape index (κ2) is 10.7. The maximum atomic E-state index is 12.9. The van der Waals surface area contributed by atoms with Gasteiger partial charge in [-0.25, -0.2) is 9.65 Å². The van der Waals surface area contributed by atoms with E-state index in [-0.39, 0.29) is 26.5 Å². The monoisotopic (exact) mass is 411 g/mol. The number of rotatable bonds is 12. The van der Waals surface area contributed by atoms with E-state index in [1.807, 2.05) is 43.1 Å². The Labute approximate surface area is 166 Å². The molecule has 156 valence electrons. The molecule has 1 heterocycles. The number of benzene rings is 1. The molecule has 0 saturated carbocycles. The Morgan fingerprint density at radius 2 is 1.93 bits per heavy atom. The van der Waals surface area contributed by atoms with Crippen molar-refractivity contribution in [3.05, 3.63) is 36.0 Å². The highest BCUT2D eigenvalue weighted by atomic mass is 31.2. The second-order valence-corrected chi connectivity index (χ2v) is 8.34. The lowest BCUT2D eigenvalue weighted by atomic mass is 10.1. The van der Waals surface area contributed by atoms with Crippen LogP contribution in [0.25, 0.3) is 10.9 Å². The molecule has 0 fully saturated rings. The summed E-state index contributed by atoms with van der Waals surface area (Å²) in [5.74, 6) is -0.511. The molecule has 0 aliphatic carbocycles. The maximum Gasteiger partial charge on any atom is 0.407 e. The van der Waals surface area contributed by atoms with Gasteiger partial charge < -0.3 is 14.2 Å². The Hall–Kier alpha value is -1.70. The third-order valence-electron chi connectivity index (χ3n) is 4.09. The SMILES string of the molecule is CCOC(=O)CNP(=O)(OCC)OCn1cc(CCN(C)C)c2ccccc21. The lowest BCUT2D eigenvalue weighted by Crippen LogP contribution is -2.24. The van der Waals surface area contributed by atoms with E-state index < -0.39 is 13.7 Å². The summed E-state index contributed by atoms with van der Waals surface area (Å²) in [5.41, 5.74) is 2.18. The smallest absolute Gasteiger partial charge is 0.407 e. The van der Waals surface area contributed by atoms with Gasteiger partial charge >= 0.3 is 13.7 Å². The molecule has 1 aromatic heterocycles. The van der Waals surface area contributed by atoms with Crippen molar-refractivity contribution in [3.8, 4) is 0 Å². The molecule has 8 nitrogen and oxygen atoms in total. The molecule has 0 spiro atoms. The van der Waals surface area contributed by atoms with Crippen LogP contribution in [0.2, 0.25) is 0 Å². The van der Waals surface area contributed by atoms with Crippen LogP contribution in [0.4, 0.5) is 0 Å². The molecule has 1 atom stereocenters. The molecule has 1 N–H and O–H groups in total. The first-order valence-corrected chi connectivity index (χ1v) is 10.9. The largest absolute Gasteiger partial charge is 0.465 e. The minimum atomic E-state index is -3.64. The van der Waals surface area contributed by atoms with Crippen molar-refractivity contribution in [1.82, 2.24) is 14.6 Å². The third-order valence-corrected chi connectivity index (χ3v) is 5.69. The summed E-state index contributed by atoms with van der Waals surface area (Å²) in [4.78, 5) is 13.7. The number of aromatic nitrogens is 1. The Morgan fingerprint density at radius 1 is 1.18 bits per heavy atom. The Balaban J connectivity index is 2.13. The standard InChI is InChI=1S/C19H30N3O5P/c1-5-25-19(23)13-20-28(24,26-6-2)27-15-22-14-16(11-12-21(3)4)17-9-7-8-10-18(17)22/h7-10,14H,5-6,11-13,15H2,1-4H3,(H,20,24). The highest BCUT2D eigenvalue weighted by Gasteiger charge is 2.26. The third kappa shape index (κ3) is 6.43. The molecule has 0 amide bonds. The summed E-state index contributed by atoms with van der Waals surface area (Å²) in [7, 11) is 0.433. The summed E-state index contributed by atoms with van der Waals surface area (Å²) in [5, 5.41) is 3.70. The number of hydrogen-bond acceptors (Lipinski definition) is 6. The number of carbonyl (C=O) groups excluding carboxylic acids is 1. The number of ether oxygens (including phenoxy) is 1. The summed E-state index contributed by atoms with van der Waals surface area (Å²) >= 11 is 0. The minimum absolute atomic E-state index is 0.0373. The van der Waals surface area contributed by atoms with Crippen LogP contribution in [0, 0.1) is 0 Å². The number of likely N-dealkylation sites (N-methyl/N-ethyl adjacent to an activating group) is 1. The average molecular weight is 411 g/mol. The molecular formula is C19H30N3O5P. The molecule has 1 aromatic carbocycles. The Kier molecular flexibility index (Phi) is 8.66. The molecule has 9 heteroatoms. The van der Waals surface area contributed by atoms with Crippen molar-refractivity contribution >= 4 is 24.6 Å². The number of carbonyl (C=O) groups is 1. The first-order valence-electron chi connectivity index (χ1n) is 9.40. The van der Waals surface area contributed by atoms with Gasteiger partial charge in [-0.3, -0.25) is 13.8 Å². The summed E-state index contributed by atoms with van der Waals surface area (Å²) in [6, 6.07) is 8.02. The van der Waals surface area contributed by atoms with E-state index in [0.29, 0.717) is 0 Å². The van der Waals surface area contributed by atoms with Gasteiger partial charge in [-0.2, -0.15) is 0 Å². The fourth-order valence-corrected chi connectivity index (χ4v) is 3.98.